The number of halogens is 1. The summed E-state index contributed by atoms with van der Waals surface area (Å²) < 4.78 is 0.195. The molecule has 3 N–H and O–H groups in total. The Morgan fingerprint density at radius 2 is 1.75 bits per heavy atom. The van der Waals surface area contributed by atoms with Crippen molar-refractivity contribution in [2.45, 2.75) is 6.42 Å². The molecule has 0 aliphatic rings. The van der Waals surface area contributed by atoms with E-state index in [0.29, 0.717) is 0 Å². The highest BCUT2D eigenvalue weighted by Gasteiger charge is 2.14. The van der Waals surface area contributed by atoms with Gasteiger partial charge >= 0.3 is 0 Å². The summed E-state index contributed by atoms with van der Waals surface area (Å²) in [5, 5.41) is 53.0. The average Bonchev–Trinajstić information content (AvgIpc) is 2.43. The van der Waals surface area contributed by atoms with Gasteiger partial charge in [0.05, 0.1) is 16.1 Å². The number of hydrogen-bond donors (Lipinski definition) is 3. The largest absolute Gasteiger partial charge is 0.504 e. The van der Waals surface area contributed by atoms with Gasteiger partial charge < -0.3 is 15.6 Å². The molecule has 0 aliphatic heterocycles. The zero-order valence-corrected chi connectivity index (χ0v) is 11.6. The summed E-state index contributed by atoms with van der Waals surface area (Å²) >= 11 is 3.02. The van der Waals surface area contributed by atoms with Crippen LogP contribution in [0.1, 0.15) is 12.0 Å². The zero-order valence-electron chi connectivity index (χ0n) is 9.98. The van der Waals surface area contributed by atoms with Gasteiger partial charge in [-0.2, -0.15) is 15.8 Å². The van der Waals surface area contributed by atoms with Gasteiger partial charge in [0.1, 0.15) is 17.7 Å². The number of phenolic OH excluding ortho intramolecular Hbond substituents is 2. The third-order valence-electron chi connectivity index (χ3n) is 2.41. The molecule has 0 aliphatic carbocycles. The highest BCUT2D eigenvalue weighted by Crippen LogP contribution is 2.34. The summed E-state index contributed by atoms with van der Waals surface area (Å²) in [7, 11) is 0. The van der Waals surface area contributed by atoms with Crippen molar-refractivity contribution >= 4 is 21.6 Å². The Kier molecular flexibility index (Phi) is 4.86. The minimum absolute atomic E-state index is 0.0689. The molecule has 0 heterocycles. The van der Waals surface area contributed by atoms with E-state index in [0.717, 1.165) is 6.07 Å². The van der Waals surface area contributed by atoms with E-state index in [4.69, 9.17) is 21.2 Å². The predicted octanol–water partition coefficient (Wildman–Crippen LogP) is 2.49. The third kappa shape index (κ3) is 3.14. The van der Waals surface area contributed by atoms with E-state index in [9.17, 15) is 10.2 Å². The highest BCUT2D eigenvalue weighted by atomic mass is 79.9. The minimum Gasteiger partial charge on any atom is -0.504 e. The molecule has 1 aromatic rings. The molecule has 0 saturated heterocycles. The van der Waals surface area contributed by atoms with Crippen molar-refractivity contribution in [1.82, 2.24) is 0 Å². The lowest BCUT2D eigenvalue weighted by atomic mass is 9.99. The van der Waals surface area contributed by atoms with Gasteiger partial charge in [0.25, 0.3) is 0 Å². The molecular weight excluding hydrogens is 324 g/mol. The molecule has 0 saturated carbocycles. The van der Waals surface area contributed by atoms with E-state index in [1.165, 1.54) is 6.07 Å². The van der Waals surface area contributed by atoms with Gasteiger partial charge in [-0.1, -0.05) is 0 Å². The van der Waals surface area contributed by atoms with Gasteiger partial charge in [0.2, 0.25) is 0 Å². The minimum atomic E-state index is -0.414. The van der Waals surface area contributed by atoms with Gasteiger partial charge in [-0.25, -0.2) is 0 Å². The lowest BCUT2D eigenvalue weighted by Crippen LogP contribution is -2.02. The fraction of sp³-hybridized carbons (Fsp3) is 0.0769. The van der Waals surface area contributed by atoms with E-state index >= 15 is 0 Å². The van der Waals surface area contributed by atoms with Crippen LogP contribution < -0.4 is 0 Å². The first kappa shape index (κ1) is 15.2. The second-order valence-corrected chi connectivity index (χ2v) is 4.52. The number of aromatic hydroxyl groups is 2. The van der Waals surface area contributed by atoms with Crippen molar-refractivity contribution in [2.75, 3.05) is 0 Å². The zero-order chi connectivity index (χ0) is 15.3. The number of allylic oxidation sites excluding steroid dienone is 2. The Balaban J connectivity index is 3.17. The molecule has 0 radical (unpaired) electrons. The summed E-state index contributed by atoms with van der Waals surface area (Å²) in [4.78, 5) is 0. The topological polar surface area (TPSA) is 136 Å². The van der Waals surface area contributed by atoms with E-state index in [2.05, 4.69) is 15.9 Å². The molecule has 6 nitrogen and oxygen atoms in total. The predicted molar refractivity (Wildman–Crippen MR) is 72.8 cm³/mol. The Bertz CT molecular complexity index is 693. The maximum atomic E-state index is 9.46. The van der Waals surface area contributed by atoms with Crippen LogP contribution in [0.3, 0.4) is 0 Å². The van der Waals surface area contributed by atoms with E-state index in [1.54, 1.807) is 18.2 Å². The van der Waals surface area contributed by atoms with Crippen LogP contribution >= 0.6 is 15.9 Å². The Morgan fingerprint density at radius 1 is 1.15 bits per heavy atom. The van der Waals surface area contributed by atoms with Crippen LogP contribution in [0.5, 0.6) is 11.5 Å². The molecule has 0 unspecified atom stereocenters. The molecule has 0 atom stereocenters. The second kappa shape index (κ2) is 6.38. The Hall–Kier alpha value is -2.82. The Labute approximate surface area is 123 Å². The number of nitrogens with one attached hydrogen (secondary N) is 1. The first-order valence-electron chi connectivity index (χ1n) is 5.17. The second-order valence-electron chi connectivity index (χ2n) is 3.67. The van der Waals surface area contributed by atoms with Crippen LogP contribution in [0.15, 0.2) is 27.8 Å². The summed E-state index contributed by atoms with van der Waals surface area (Å²) in [5.41, 5.74) is -0.279. The third-order valence-corrected chi connectivity index (χ3v) is 3.01. The van der Waals surface area contributed by atoms with Crippen LogP contribution in [-0.2, 0) is 0 Å². The molecule has 0 bridgehead atoms. The van der Waals surface area contributed by atoms with E-state index < -0.39 is 5.75 Å². The normalized spacial score (nSPS) is 8.90. The number of nitriles is 3. The molecule has 0 aromatic heterocycles. The Morgan fingerprint density at radius 3 is 2.20 bits per heavy atom. The standard InChI is InChI=1S/C13H7BrN4O2/c14-10-1-7(3-12(19)13(10)20)11(18)2-8(4-15)9(5-16)6-17/h1,3,18-20H,2H2. The van der Waals surface area contributed by atoms with Gasteiger partial charge in [-0.15, -0.1) is 0 Å². The first-order chi connectivity index (χ1) is 9.44. The molecule has 1 aromatic carbocycles. The number of benzene rings is 1. The van der Waals surface area contributed by atoms with Gasteiger partial charge in [-0.3, -0.25) is 0 Å². The summed E-state index contributed by atoms with van der Waals surface area (Å²) in [5.74, 6) is -0.769. The molecule has 20 heavy (non-hydrogen) atoms. The van der Waals surface area contributed by atoms with E-state index in [1.807, 2.05) is 0 Å². The summed E-state index contributed by atoms with van der Waals surface area (Å²) in [6.45, 7) is 0. The van der Waals surface area contributed by atoms with Crippen LogP contribution in [-0.4, -0.2) is 15.9 Å². The molecule has 1 rings (SSSR count). The molecule has 0 fully saturated rings. The van der Waals surface area contributed by atoms with Crippen molar-refractivity contribution in [3.05, 3.63) is 33.3 Å². The maximum absolute atomic E-state index is 9.46. The number of hydrogen-bond acceptors (Lipinski definition) is 6. The van der Waals surface area contributed by atoms with Crippen LogP contribution in [0, 0.1) is 39.4 Å². The smallest absolute Gasteiger partial charge is 0.171 e. The molecule has 0 amide bonds. The van der Waals surface area contributed by atoms with Gasteiger partial charge in [-0.05, 0) is 28.1 Å². The first-order valence-corrected chi connectivity index (χ1v) is 5.96. The van der Waals surface area contributed by atoms with Gasteiger partial charge in [0.15, 0.2) is 11.5 Å². The lowest BCUT2D eigenvalue weighted by molar-refractivity contribution is 0.401. The monoisotopic (exact) mass is 330 g/mol. The van der Waals surface area contributed by atoms with Crippen LogP contribution in [0.2, 0.25) is 0 Å². The quantitative estimate of drug-likeness (QED) is 0.444. The molecular formula is C13H7BrN4O2. The fourth-order valence-electron chi connectivity index (χ4n) is 1.38. The van der Waals surface area contributed by atoms with Crippen LogP contribution in [0.4, 0.5) is 0 Å². The fourth-order valence-corrected chi connectivity index (χ4v) is 1.83. The summed E-state index contributed by atoms with van der Waals surface area (Å²) in [6.07, 6.45) is -0.219. The van der Waals surface area contributed by atoms with Crippen LogP contribution in [0.25, 0.3) is 0 Å². The number of rotatable bonds is 3. The highest BCUT2D eigenvalue weighted by molar-refractivity contribution is 9.10. The lowest BCUT2D eigenvalue weighted by Gasteiger charge is -2.07. The van der Waals surface area contributed by atoms with Gasteiger partial charge in [0, 0.05) is 17.7 Å². The van der Waals surface area contributed by atoms with Crippen molar-refractivity contribution < 1.29 is 10.2 Å². The maximum Gasteiger partial charge on any atom is 0.171 e. The summed E-state index contributed by atoms with van der Waals surface area (Å²) in [6, 6.07) is 7.46. The average molecular weight is 331 g/mol. The SMILES string of the molecule is N#CC(C#N)=C(C#N)CC(=N)c1cc(O)c(O)c(Br)c1. The van der Waals surface area contributed by atoms with Crippen molar-refractivity contribution in [2.24, 2.45) is 0 Å². The van der Waals surface area contributed by atoms with Crippen molar-refractivity contribution in [1.29, 1.82) is 21.2 Å². The molecule has 98 valence electrons. The number of nitrogens with zero attached hydrogens (tertiary/aromatic N) is 3. The molecule has 0 spiro atoms. The molecule has 7 heteroatoms. The van der Waals surface area contributed by atoms with Crippen molar-refractivity contribution in [3.8, 4) is 29.7 Å². The van der Waals surface area contributed by atoms with E-state index in [-0.39, 0.29) is 39.1 Å². The van der Waals surface area contributed by atoms with Crippen molar-refractivity contribution in [3.63, 3.8) is 0 Å². The number of phenols is 2.